The van der Waals surface area contributed by atoms with Gasteiger partial charge in [0.15, 0.2) is 11.5 Å². The van der Waals surface area contributed by atoms with E-state index in [2.05, 4.69) is 53.7 Å². The fourth-order valence-corrected chi connectivity index (χ4v) is 4.30. The Balaban J connectivity index is 2.02. The summed E-state index contributed by atoms with van der Waals surface area (Å²) in [6.45, 7) is 12.9. The van der Waals surface area contributed by atoms with Crippen molar-refractivity contribution in [2.45, 2.75) is 60.8 Å². The van der Waals surface area contributed by atoms with Crippen LogP contribution in [0.15, 0.2) is 17.1 Å². The average molecular weight is 346 g/mol. The van der Waals surface area contributed by atoms with Crippen LogP contribution in [0, 0.1) is 34.6 Å². The zero-order valence-corrected chi connectivity index (χ0v) is 16.6. The smallest absolute Gasteiger partial charge is 0.165 e. The summed E-state index contributed by atoms with van der Waals surface area (Å²) in [5.74, 6) is 0.979. The summed E-state index contributed by atoms with van der Waals surface area (Å²) in [5.41, 5.74) is 11.7. The molecule has 26 heavy (non-hydrogen) atoms. The van der Waals surface area contributed by atoms with E-state index in [1.807, 2.05) is 4.52 Å². The number of aliphatic imine (C=N–C) groups is 1. The molecule has 1 aromatic carbocycles. The average Bonchev–Trinajstić information content (AvgIpc) is 3.10. The van der Waals surface area contributed by atoms with Crippen molar-refractivity contribution >= 4 is 17.2 Å². The van der Waals surface area contributed by atoms with Crippen LogP contribution >= 0.6 is 0 Å². The first-order chi connectivity index (χ1) is 12.4. The van der Waals surface area contributed by atoms with Crippen molar-refractivity contribution in [2.24, 2.45) is 4.99 Å². The van der Waals surface area contributed by atoms with Crippen LogP contribution < -0.4 is 0 Å². The van der Waals surface area contributed by atoms with Crippen LogP contribution in [0.5, 0.6) is 0 Å². The molecule has 0 N–H and O–H groups in total. The second-order valence-electron chi connectivity index (χ2n) is 7.57. The normalized spacial score (nSPS) is 13.4. The Kier molecular flexibility index (Phi) is 3.94. The molecule has 0 spiro atoms. The van der Waals surface area contributed by atoms with Crippen LogP contribution in [0.1, 0.15) is 53.4 Å². The van der Waals surface area contributed by atoms with Gasteiger partial charge >= 0.3 is 0 Å². The first-order valence-corrected chi connectivity index (χ1v) is 9.44. The van der Waals surface area contributed by atoms with Gasteiger partial charge in [0.1, 0.15) is 0 Å². The number of benzene rings is 1. The van der Waals surface area contributed by atoms with Gasteiger partial charge in [-0.25, -0.2) is 9.98 Å². The summed E-state index contributed by atoms with van der Waals surface area (Å²) in [4.78, 5) is 9.89. The van der Waals surface area contributed by atoms with Crippen LogP contribution in [-0.2, 0) is 6.42 Å². The molecule has 2 aromatic heterocycles. The lowest BCUT2D eigenvalue weighted by molar-refractivity contribution is 0.902. The van der Waals surface area contributed by atoms with E-state index < -0.39 is 0 Å². The monoisotopic (exact) mass is 346 g/mol. The largest absolute Gasteiger partial charge is 0.237 e. The lowest BCUT2D eigenvalue weighted by atomic mass is 9.94. The molecule has 0 saturated heterocycles. The van der Waals surface area contributed by atoms with Gasteiger partial charge in [-0.15, -0.1) is 0 Å². The van der Waals surface area contributed by atoms with Crippen LogP contribution in [0.4, 0.5) is 5.82 Å². The van der Waals surface area contributed by atoms with Crippen molar-refractivity contribution in [3.8, 4) is 11.1 Å². The number of hydrogen-bond donors (Lipinski definition) is 0. The van der Waals surface area contributed by atoms with E-state index in [9.17, 15) is 0 Å². The predicted octanol–water partition coefficient (Wildman–Crippen LogP) is 5.37. The second-order valence-corrected chi connectivity index (χ2v) is 7.57. The van der Waals surface area contributed by atoms with Gasteiger partial charge in [0.05, 0.1) is 11.3 Å². The minimum atomic E-state index is 0.911. The molecule has 0 bridgehead atoms. The van der Waals surface area contributed by atoms with Gasteiger partial charge < -0.3 is 0 Å². The number of fused-ring (bicyclic) bond motifs is 3. The fraction of sp³-hybridized carbons (Fsp3) is 0.409. The van der Waals surface area contributed by atoms with Crippen molar-refractivity contribution in [2.75, 3.05) is 0 Å². The minimum absolute atomic E-state index is 0.911. The van der Waals surface area contributed by atoms with E-state index in [0.29, 0.717) is 0 Å². The van der Waals surface area contributed by atoms with Gasteiger partial charge in [-0.1, -0.05) is 31.0 Å². The van der Waals surface area contributed by atoms with Crippen molar-refractivity contribution < 1.29 is 0 Å². The van der Waals surface area contributed by atoms with Crippen molar-refractivity contribution in [3.05, 3.63) is 45.8 Å². The molecule has 0 aliphatic carbocycles. The predicted molar refractivity (Wildman–Crippen MR) is 108 cm³/mol. The third-order valence-electron chi connectivity index (χ3n) is 5.33. The second kappa shape index (κ2) is 6.04. The highest BCUT2D eigenvalue weighted by Crippen LogP contribution is 2.38. The van der Waals surface area contributed by atoms with Crippen molar-refractivity contribution in [3.63, 3.8) is 0 Å². The molecule has 134 valence electrons. The van der Waals surface area contributed by atoms with Crippen molar-refractivity contribution in [1.82, 2.24) is 14.6 Å². The first kappa shape index (κ1) is 17.0. The van der Waals surface area contributed by atoms with Gasteiger partial charge in [-0.3, -0.25) is 0 Å². The van der Waals surface area contributed by atoms with Gasteiger partial charge in [0.25, 0.3) is 0 Å². The topological polar surface area (TPSA) is 42.5 Å². The van der Waals surface area contributed by atoms with Gasteiger partial charge in [0.2, 0.25) is 0 Å². The Morgan fingerprint density at radius 1 is 0.962 bits per heavy atom. The number of nitrogens with zero attached hydrogens (tertiary/aromatic N) is 4. The molecule has 3 heterocycles. The number of aryl methyl sites for hydroxylation is 5. The highest BCUT2D eigenvalue weighted by molar-refractivity contribution is 5.94. The van der Waals surface area contributed by atoms with E-state index in [1.165, 1.54) is 33.5 Å². The van der Waals surface area contributed by atoms with Crippen molar-refractivity contribution in [1.29, 1.82) is 0 Å². The fourth-order valence-electron chi connectivity index (χ4n) is 4.30. The Morgan fingerprint density at radius 3 is 2.31 bits per heavy atom. The number of rotatable bonds is 3. The maximum atomic E-state index is 4.97. The molecule has 3 aromatic rings. The summed E-state index contributed by atoms with van der Waals surface area (Å²) in [7, 11) is 0. The molecular weight excluding hydrogens is 320 g/mol. The lowest BCUT2D eigenvalue weighted by Crippen LogP contribution is -2.01. The zero-order valence-electron chi connectivity index (χ0n) is 16.6. The molecule has 1 aliphatic rings. The van der Waals surface area contributed by atoms with Crippen LogP contribution in [0.2, 0.25) is 0 Å². The summed E-state index contributed by atoms with van der Waals surface area (Å²) < 4.78 is 1.97. The maximum absolute atomic E-state index is 4.97. The number of hydrogen-bond acceptors (Lipinski definition) is 3. The summed E-state index contributed by atoms with van der Waals surface area (Å²) >= 11 is 0. The van der Waals surface area contributed by atoms with Gasteiger partial charge in [-0.2, -0.15) is 9.61 Å². The summed E-state index contributed by atoms with van der Waals surface area (Å²) in [5, 5.41) is 4.85. The molecule has 4 nitrogen and oxygen atoms in total. The Morgan fingerprint density at radius 2 is 1.65 bits per heavy atom. The molecule has 0 saturated carbocycles. The molecule has 0 radical (unpaired) electrons. The summed E-state index contributed by atoms with van der Waals surface area (Å²) in [6.07, 6.45) is 3.07. The molecule has 0 fully saturated rings. The quantitative estimate of drug-likeness (QED) is 0.640. The highest BCUT2D eigenvalue weighted by Gasteiger charge is 2.25. The van der Waals surface area contributed by atoms with Gasteiger partial charge in [-0.05, 0) is 57.7 Å². The summed E-state index contributed by atoms with van der Waals surface area (Å²) in [6, 6.07) is 4.48. The maximum Gasteiger partial charge on any atom is 0.165 e. The number of aromatic nitrogens is 3. The molecule has 0 atom stereocenters. The van der Waals surface area contributed by atoms with E-state index >= 15 is 0 Å². The molecule has 1 aliphatic heterocycles. The Labute approximate surface area is 155 Å². The lowest BCUT2D eigenvalue weighted by Gasteiger charge is -2.12. The molecule has 0 amide bonds. The Hall–Kier alpha value is -2.49. The standard InChI is InChI=1S/C22H26N4/c1-7-8-17-11-18-15(5)23-22-20(16(6)25-26(22)21(18)24-17)19-13(3)9-12(2)10-14(19)4/h9-10H,7-8,11H2,1-6H3. The van der Waals surface area contributed by atoms with Gasteiger partial charge in [0, 0.05) is 23.4 Å². The molecule has 0 unspecified atom stereocenters. The van der Waals surface area contributed by atoms with E-state index in [4.69, 9.17) is 15.1 Å². The first-order valence-electron chi connectivity index (χ1n) is 9.44. The van der Waals surface area contributed by atoms with Crippen LogP contribution in [0.3, 0.4) is 0 Å². The van der Waals surface area contributed by atoms with E-state index in [1.54, 1.807) is 0 Å². The van der Waals surface area contributed by atoms with Crippen LogP contribution in [0.25, 0.3) is 16.8 Å². The Bertz CT molecular complexity index is 1050. The minimum Gasteiger partial charge on any atom is -0.237 e. The third-order valence-corrected chi connectivity index (χ3v) is 5.33. The highest BCUT2D eigenvalue weighted by atomic mass is 15.3. The van der Waals surface area contributed by atoms with E-state index in [-0.39, 0.29) is 0 Å². The third kappa shape index (κ3) is 2.47. The molecule has 4 rings (SSSR count). The zero-order chi connectivity index (χ0) is 18.6. The van der Waals surface area contributed by atoms with E-state index in [0.717, 1.165) is 47.7 Å². The van der Waals surface area contributed by atoms with Crippen LogP contribution in [-0.4, -0.2) is 20.3 Å². The molecule has 4 heteroatoms. The SMILES string of the molecule is CCCC1=Nc2c(c(C)nc3c(-c4c(C)cc(C)cc4C)c(C)nn23)C1. The molecular formula is C22H26N4.